The first kappa shape index (κ1) is 6.22. The highest BCUT2D eigenvalue weighted by atomic mass is 32.1. The van der Waals surface area contributed by atoms with Crippen LogP contribution in [0.2, 0.25) is 0 Å². The summed E-state index contributed by atoms with van der Waals surface area (Å²) in [4.78, 5) is 0. The van der Waals surface area contributed by atoms with E-state index < -0.39 is 0 Å². The number of hydrogen-bond acceptors (Lipinski definition) is 3. The summed E-state index contributed by atoms with van der Waals surface area (Å²) in [5.74, 6) is 0. The summed E-state index contributed by atoms with van der Waals surface area (Å²) in [5, 5.41) is 6.47. The average molecular weight is 142 g/mol. The molecule has 1 N–H and O–H groups in total. The predicted molar refractivity (Wildman–Crippen MR) is 37.0 cm³/mol. The number of aromatic nitrogens is 1. The highest BCUT2D eigenvalue weighted by Crippen LogP contribution is 1.91. The van der Waals surface area contributed by atoms with E-state index in [9.17, 15) is 0 Å². The van der Waals surface area contributed by atoms with Crippen LogP contribution < -0.4 is 5.32 Å². The van der Waals surface area contributed by atoms with Crippen molar-refractivity contribution < 1.29 is 4.52 Å². The second-order valence-electron chi connectivity index (χ2n) is 1.49. The van der Waals surface area contributed by atoms with Crippen LogP contribution in [0.5, 0.6) is 0 Å². The maximum atomic E-state index is 4.57. The van der Waals surface area contributed by atoms with Gasteiger partial charge in [0.25, 0.3) is 0 Å². The average Bonchev–Trinajstić information content (AvgIpc) is 2.34. The third-order valence-electron chi connectivity index (χ3n) is 0.858. The molecule has 0 aromatic carbocycles. The van der Waals surface area contributed by atoms with E-state index in [1.54, 1.807) is 6.07 Å². The number of nitrogens with one attached hydrogen (secondary N) is 1. The standard InChI is InChI=1S/C5H6N2OS/c9-4-6-3-5-1-2-8-7-5/h1-2,4H,3H2,(H,6,9). The Kier molecular flexibility index (Phi) is 2.21. The van der Waals surface area contributed by atoms with Gasteiger partial charge in [-0.25, -0.2) is 0 Å². The molecule has 0 aliphatic heterocycles. The minimum atomic E-state index is 0.639. The molecule has 0 saturated heterocycles. The number of hydrogen-bond donors (Lipinski definition) is 1. The Hall–Kier alpha value is -0.900. The van der Waals surface area contributed by atoms with Gasteiger partial charge in [0.2, 0.25) is 0 Å². The van der Waals surface area contributed by atoms with Gasteiger partial charge in [-0.2, -0.15) is 0 Å². The monoisotopic (exact) mass is 142 g/mol. The highest BCUT2D eigenvalue weighted by molar-refractivity contribution is 7.78. The third kappa shape index (κ3) is 1.81. The van der Waals surface area contributed by atoms with E-state index in [0.29, 0.717) is 6.54 Å². The van der Waals surface area contributed by atoms with Crippen molar-refractivity contribution in [3.63, 3.8) is 0 Å². The summed E-state index contributed by atoms with van der Waals surface area (Å²) in [6.45, 7) is 0.639. The molecule has 9 heavy (non-hydrogen) atoms. The molecule has 0 fully saturated rings. The zero-order chi connectivity index (χ0) is 6.53. The van der Waals surface area contributed by atoms with E-state index in [2.05, 4.69) is 27.2 Å². The lowest BCUT2D eigenvalue weighted by molar-refractivity contribution is 0.411. The van der Waals surface area contributed by atoms with Crippen molar-refractivity contribution in [3.8, 4) is 0 Å². The summed E-state index contributed by atoms with van der Waals surface area (Å²) in [7, 11) is 0. The molecule has 0 aliphatic carbocycles. The van der Waals surface area contributed by atoms with Crippen LogP contribution in [0.15, 0.2) is 16.9 Å². The van der Waals surface area contributed by atoms with Crippen molar-refractivity contribution in [1.82, 2.24) is 10.5 Å². The Morgan fingerprint density at radius 2 is 2.78 bits per heavy atom. The van der Waals surface area contributed by atoms with Crippen LogP contribution in [0.4, 0.5) is 0 Å². The van der Waals surface area contributed by atoms with Crippen molar-refractivity contribution in [2.45, 2.75) is 6.54 Å². The van der Waals surface area contributed by atoms with E-state index in [-0.39, 0.29) is 0 Å². The van der Waals surface area contributed by atoms with Crippen LogP contribution >= 0.6 is 12.2 Å². The predicted octanol–water partition coefficient (Wildman–Crippen LogP) is 0.721. The van der Waals surface area contributed by atoms with Crippen molar-refractivity contribution in [3.05, 3.63) is 18.0 Å². The van der Waals surface area contributed by atoms with Gasteiger partial charge in [0, 0.05) is 6.07 Å². The van der Waals surface area contributed by atoms with Gasteiger partial charge in [0.05, 0.1) is 12.0 Å². The Bertz CT molecular complexity index is 173. The van der Waals surface area contributed by atoms with Crippen LogP contribution in [-0.2, 0) is 6.54 Å². The number of rotatable bonds is 3. The van der Waals surface area contributed by atoms with E-state index in [1.807, 2.05) is 0 Å². The molecule has 48 valence electrons. The Morgan fingerprint density at radius 3 is 3.33 bits per heavy atom. The van der Waals surface area contributed by atoms with E-state index in [1.165, 1.54) is 11.8 Å². The second kappa shape index (κ2) is 3.19. The fraction of sp³-hybridized carbons (Fsp3) is 0.200. The summed E-state index contributed by atoms with van der Waals surface area (Å²) < 4.78 is 4.57. The first-order chi connectivity index (χ1) is 4.43. The molecule has 0 aliphatic rings. The molecule has 0 amide bonds. The largest absolute Gasteiger partial charge is 0.376 e. The van der Waals surface area contributed by atoms with E-state index in [4.69, 9.17) is 0 Å². The molecule has 0 bridgehead atoms. The molecule has 0 saturated carbocycles. The van der Waals surface area contributed by atoms with Gasteiger partial charge in [-0.3, -0.25) is 0 Å². The van der Waals surface area contributed by atoms with Crippen LogP contribution in [0.25, 0.3) is 0 Å². The third-order valence-corrected chi connectivity index (χ3v) is 1.02. The lowest BCUT2D eigenvalue weighted by atomic mass is 10.4. The minimum absolute atomic E-state index is 0.639. The highest BCUT2D eigenvalue weighted by Gasteiger charge is 1.90. The van der Waals surface area contributed by atoms with Crippen molar-refractivity contribution in [2.75, 3.05) is 0 Å². The van der Waals surface area contributed by atoms with E-state index in [0.717, 1.165) is 5.69 Å². The SMILES string of the molecule is S=CNCc1ccon1. The molecule has 1 heterocycles. The molecule has 1 aromatic rings. The fourth-order valence-electron chi connectivity index (χ4n) is 0.475. The zero-order valence-electron chi connectivity index (χ0n) is 4.70. The van der Waals surface area contributed by atoms with Crippen molar-refractivity contribution >= 4 is 17.7 Å². The smallest absolute Gasteiger partial charge is 0.124 e. The van der Waals surface area contributed by atoms with Gasteiger partial charge in [-0.1, -0.05) is 17.4 Å². The minimum Gasteiger partial charge on any atom is -0.376 e. The van der Waals surface area contributed by atoms with Crippen molar-refractivity contribution in [2.24, 2.45) is 0 Å². The number of nitrogens with zero attached hydrogens (tertiary/aromatic N) is 1. The maximum absolute atomic E-state index is 4.57. The summed E-state index contributed by atoms with van der Waals surface area (Å²) in [6, 6.07) is 1.78. The summed E-state index contributed by atoms with van der Waals surface area (Å²) in [6.07, 6.45) is 1.53. The lowest BCUT2D eigenvalue weighted by Crippen LogP contribution is -2.08. The number of thiocarbonyl (C=S) groups is 1. The van der Waals surface area contributed by atoms with Crippen molar-refractivity contribution in [1.29, 1.82) is 0 Å². The second-order valence-corrected chi connectivity index (χ2v) is 1.73. The molecular weight excluding hydrogens is 136 g/mol. The van der Waals surface area contributed by atoms with Crippen LogP contribution in [0.1, 0.15) is 5.69 Å². The Morgan fingerprint density at radius 1 is 1.89 bits per heavy atom. The van der Waals surface area contributed by atoms with Gasteiger partial charge < -0.3 is 9.84 Å². The molecule has 4 heteroatoms. The van der Waals surface area contributed by atoms with Gasteiger partial charge >= 0.3 is 0 Å². The van der Waals surface area contributed by atoms with Crippen LogP contribution in [0.3, 0.4) is 0 Å². The van der Waals surface area contributed by atoms with Gasteiger partial charge in [0.15, 0.2) is 0 Å². The molecule has 0 unspecified atom stereocenters. The van der Waals surface area contributed by atoms with Gasteiger partial charge in [-0.15, -0.1) is 0 Å². The molecule has 3 nitrogen and oxygen atoms in total. The topological polar surface area (TPSA) is 38.1 Å². The van der Waals surface area contributed by atoms with Crippen LogP contribution in [0, 0.1) is 0 Å². The molecule has 1 aromatic heterocycles. The quantitative estimate of drug-likeness (QED) is 0.631. The maximum Gasteiger partial charge on any atom is 0.124 e. The first-order valence-corrected chi connectivity index (χ1v) is 2.97. The normalized spacial score (nSPS) is 8.89. The zero-order valence-corrected chi connectivity index (χ0v) is 5.52. The van der Waals surface area contributed by atoms with E-state index >= 15 is 0 Å². The Balaban J connectivity index is 2.38. The fourth-order valence-corrected chi connectivity index (χ4v) is 0.558. The van der Waals surface area contributed by atoms with Gasteiger partial charge in [-0.05, 0) is 0 Å². The summed E-state index contributed by atoms with van der Waals surface area (Å²) >= 11 is 4.53. The van der Waals surface area contributed by atoms with Crippen LogP contribution in [-0.4, -0.2) is 10.6 Å². The lowest BCUT2D eigenvalue weighted by Gasteiger charge is -1.89. The molecular formula is C5H6N2OS. The Labute approximate surface area is 58.0 Å². The first-order valence-electron chi connectivity index (χ1n) is 2.50. The van der Waals surface area contributed by atoms with Gasteiger partial charge in [0.1, 0.15) is 12.0 Å². The molecule has 1 rings (SSSR count). The molecule has 0 spiro atoms. The molecule has 0 atom stereocenters. The molecule has 0 radical (unpaired) electrons. The summed E-state index contributed by atoms with van der Waals surface area (Å²) in [5.41, 5.74) is 2.31.